The largest absolute Gasteiger partial charge is 0.507 e. The summed E-state index contributed by atoms with van der Waals surface area (Å²) in [6.45, 7) is 16.0. The third kappa shape index (κ3) is 19.6. The Labute approximate surface area is 511 Å². The summed E-state index contributed by atoms with van der Waals surface area (Å²) in [5, 5.41) is 101. The van der Waals surface area contributed by atoms with E-state index >= 15 is 0 Å². The summed E-state index contributed by atoms with van der Waals surface area (Å²) < 4.78 is 0. The van der Waals surface area contributed by atoms with Crippen molar-refractivity contribution in [2.45, 2.75) is 336 Å². The maximum Gasteiger partial charge on any atom is 0.126 e. The second-order valence-corrected chi connectivity index (χ2v) is 26.2. The molecule has 8 N–H and O–H groups in total. The molecule has 0 amide bonds. The second kappa shape index (κ2) is 37.8. The Bertz CT molecular complexity index is 2100. The van der Waals surface area contributed by atoms with E-state index in [0.29, 0.717) is 92.4 Å². The van der Waals surface area contributed by atoms with Crippen molar-refractivity contribution >= 4 is 0 Å². The zero-order valence-electron chi connectivity index (χ0n) is 54.5. The van der Waals surface area contributed by atoms with Crippen molar-refractivity contribution in [3.05, 3.63) is 91.0 Å². The van der Waals surface area contributed by atoms with Crippen molar-refractivity contribution in [2.75, 3.05) is 0 Å². The minimum absolute atomic E-state index is 0.0395. The molecule has 1 aliphatic carbocycles. The summed E-state index contributed by atoms with van der Waals surface area (Å²) in [4.78, 5) is 0. The molecule has 0 spiro atoms. The summed E-state index contributed by atoms with van der Waals surface area (Å²) in [5.74, 6) is -2.55. The predicted octanol–water partition coefficient (Wildman–Crippen LogP) is 23.1. The van der Waals surface area contributed by atoms with Gasteiger partial charge in [-0.05, 0) is 77.6 Å². The fourth-order valence-electron chi connectivity index (χ4n) is 14.1. The first-order valence-electron chi connectivity index (χ1n) is 34.9. The van der Waals surface area contributed by atoms with Crippen LogP contribution in [0.2, 0.25) is 0 Å². The third-order valence-corrected chi connectivity index (χ3v) is 19.7. The molecule has 0 saturated heterocycles. The van der Waals surface area contributed by atoms with Crippen LogP contribution in [0.3, 0.4) is 0 Å². The minimum Gasteiger partial charge on any atom is -0.507 e. The zero-order chi connectivity index (χ0) is 61.0. The van der Waals surface area contributed by atoms with Crippen molar-refractivity contribution in [1.29, 1.82) is 0 Å². The molecule has 0 aliphatic heterocycles. The lowest BCUT2D eigenvalue weighted by molar-refractivity contribution is 0.411. The van der Waals surface area contributed by atoms with Crippen LogP contribution < -0.4 is 0 Å². The normalized spacial score (nSPS) is 16.0. The van der Waals surface area contributed by atoms with Crippen LogP contribution >= 0.6 is 0 Å². The molecule has 0 fully saturated rings. The van der Waals surface area contributed by atoms with E-state index in [2.05, 4.69) is 27.7 Å². The SMILES string of the molecule is CCCCCCCCCCCC1c2cc(c(O)c(C)c2O)C(CCCCCCCCCCC)c2cc(c(O)c(C)c2O)C(CCCCCCCCCCC)c2cc(c(O)c(C)c2O)C(CCCCCCCCCCC)c2cc1c(O)c(C)c2O. The topological polar surface area (TPSA) is 162 Å². The number of hydrogen-bond acceptors (Lipinski definition) is 8. The van der Waals surface area contributed by atoms with E-state index in [0.717, 1.165) is 103 Å². The van der Waals surface area contributed by atoms with Gasteiger partial charge in [-0.25, -0.2) is 0 Å². The van der Waals surface area contributed by atoms with Gasteiger partial charge < -0.3 is 40.9 Å². The first kappa shape index (κ1) is 70.0. The molecule has 8 bridgehead atoms. The number of benzene rings is 4. The van der Waals surface area contributed by atoms with Crippen molar-refractivity contribution in [2.24, 2.45) is 0 Å². The quantitative estimate of drug-likeness (QED) is 0.0204. The zero-order valence-corrected chi connectivity index (χ0v) is 54.5. The molecular formula is C76H120O8. The Kier molecular flexibility index (Phi) is 31.5. The Morgan fingerprint density at radius 2 is 0.321 bits per heavy atom. The molecule has 472 valence electrons. The molecular weight excluding hydrogens is 1040 g/mol. The van der Waals surface area contributed by atoms with Crippen LogP contribution in [0.5, 0.6) is 46.0 Å². The first-order chi connectivity index (χ1) is 40.7. The van der Waals surface area contributed by atoms with Crippen molar-refractivity contribution in [3.63, 3.8) is 0 Å². The molecule has 0 saturated carbocycles. The van der Waals surface area contributed by atoms with Crippen LogP contribution in [-0.2, 0) is 0 Å². The number of aromatic hydroxyl groups is 8. The molecule has 0 heterocycles. The van der Waals surface area contributed by atoms with Crippen LogP contribution in [0.25, 0.3) is 0 Å². The predicted molar refractivity (Wildman–Crippen MR) is 353 cm³/mol. The van der Waals surface area contributed by atoms with Gasteiger partial charge >= 0.3 is 0 Å². The van der Waals surface area contributed by atoms with Crippen LogP contribution in [0, 0.1) is 27.7 Å². The van der Waals surface area contributed by atoms with Crippen molar-refractivity contribution in [1.82, 2.24) is 0 Å². The standard InChI is InChI=1S/C76H120O8/c1-9-13-17-21-25-29-33-37-41-45-57-61-49-63(71(79)53(5)69(61)77)58(46-42-38-34-30-26-22-18-14-10-2)65-51-67(75(83)55(7)73(65)81)60(48-44-40-36-32-28-24-20-16-12-4)68-52-66(74(82)56(8)76(68)84)59(47-43-39-35-31-27-23-19-15-11-3)64-50-62(57)70(78)54(6)72(64)80/h49-52,57-60,77-84H,9-48H2,1-8H3. The van der Waals surface area contributed by atoms with E-state index in [-0.39, 0.29) is 46.0 Å². The van der Waals surface area contributed by atoms with Gasteiger partial charge in [0.05, 0.1) is 0 Å². The van der Waals surface area contributed by atoms with E-state index in [9.17, 15) is 40.9 Å². The molecule has 0 aromatic heterocycles. The van der Waals surface area contributed by atoms with E-state index in [4.69, 9.17) is 0 Å². The molecule has 5 rings (SSSR count). The Balaban J connectivity index is 1.79. The third-order valence-electron chi connectivity index (χ3n) is 19.7. The summed E-state index contributed by atoms with van der Waals surface area (Å²) in [7, 11) is 0. The maximum atomic E-state index is 12.6. The number of fused-ring (bicyclic) bond motifs is 8. The minimum atomic E-state index is -0.558. The Morgan fingerprint density at radius 1 is 0.202 bits per heavy atom. The van der Waals surface area contributed by atoms with Crippen LogP contribution in [-0.4, -0.2) is 40.9 Å². The van der Waals surface area contributed by atoms with Crippen LogP contribution in [0.1, 0.15) is 375 Å². The molecule has 0 unspecified atom stereocenters. The van der Waals surface area contributed by atoms with Crippen molar-refractivity contribution < 1.29 is 40.9 Å². The van der Waals surface area contributed by atoms with Crippen molar-refractivity contribution in [3.8, 4) is 46.0 Å². The molecule has 8 nitrogen and oxygen atoms in total. The molecule has 4 aromatic rings. The maximum absolute atomic E-state index is 12.6. The highest BCUT2D eigenvalue weighted by molar-refractivity contribution is 5.67. The van der Waals surface area contributed by atoms with Crippen LogP contribution in [0.4, 0.5) is 0 Å². The number of phenols is 8. The molecule has 4 aromatic carbocycles. The Morgan fingerprint density at radius 3 is 0.452 bits per heavy atom. The van der Waals surface area contributed by atoms with E-state index in [1.807, 2.05) is 24.3 Å². The van der Waals surface area contributed by atoms with Crippen LogP contribution in [0.15, 0.2) is 24.3 Å². The fourth-order valence-corrected chi connectivity index (χ4v) is 14.1. The van der Waals surface area contributed by atoms with Gasteiger partial charge in [-0.3, -0.25) is 0 Å². The highest BCUT2D eigenvalue weighted by Gasteiger charge is 2.36. The monoisotopic (exact) mass is 1160 g/mol. The van der Waals surface area contributed by atoms with E-state index in [1.54, 1.807) is 27.7 Å². The average molecular weight is 1160 g/mol. The van der Waals surface area contributed by atoms with Gasteiger partial charge in [-0.2, -0.15) is 0 Å². The van der Waals surface area contributed by atoms with Gasteiger partial charge in [0.25, 0.3) is 0 Å². The van der Waals surface area contributed by atoms with Gasteiger partial charge in [0.2, 0.25) is 0 Å². The second-order valence-electron chi connectivity index (χ2n) is 26.2. The lowest BCUT2D eigenvalue weighted by atomic mass is 9.74. The number of phenolic OH excluding ortho intramolecular Hbond substituents is 8. The summed E-state index contributed by atoms with van der Waals surface area (Å²) >= 11 is 0. The summed E-state index contributed by atoms with van der Waals surface area (Å²) in [5.41, 5.74) is 5.94. The number of rotatable bonds is 40. The van der Waals surface area contributed by atoms with Gasteiger partial charge in [-0.15, -0.1) is 0 Å². The smallest absolute Gasteiger partial charge is 0.126 e. The first-order valence-corrected chi connectivity index (χ1v) is 34.9. The molecule has 84 heavy (non-hydrogen) atoms. The average Bonchev–Trinajstić information content (AvgIpc) is 1.24. The van der Waals surface area contributed by atoms with Gasteiger partial charge in [0.1, 0.15) is 46.0 Å². The Hall–Kier alpha value is -4.72. The lowest BCUT2D eigenvalue weighted by Crippen LogP contribution is -2.13. The van der Waals surface area contributed by atoms with E-state index in [1.165, 1.54) is 128 Å². The molecule has 8 heteroatoms. The summed E-state index contributed by atoms with van der Waals surface area (Å²) in [6, 6.07) is 7.75. The van der Waals surface area contributed by atoms with Gasteiger partial charge in [0.15, 0.2) is 0 Å². The number of unbranched alkanes of at least 4 members (excludes halogenated alkanes) is 32. The highest BCUT2D eigenvalue weighted by atomic mass is 16.3. The van der Waals surface area contributed by atoms with Gasteiger partial charge in [0, 0.05) is 90.4 Å². The highest BCUT2D eigenvalue weighted by Crippen LogP contribution is 2.55. The van der Waals surface area contributed by atoms with Gasteiger partial charge in [-0.1, -0.05) is 259 Å². The molecule has 1 aliphatic rings. The lowest BCUT2D eigenvalue weighted by Gasteiger charge is -2.31. The van der Waals surface area contributed by atoms with E-state index < -0.39 is 23.7 Å². The summed E-state index contributed by atoms with van der Waals surface area (Å²) in [6.07, 6.45) is 43.0. The number of hydrogen-bond donors (Lipinski definition) is 8. The molecule has 0 radical (unpaired) electrons. The molecule has 0 atom stereocenters. The fraction of sp³-hybridized carbons (Fsp3) is 0.684.